The summed E-state index contributed by atoms with van der Waals surface area (Å²) < 4.78 is 0. The molecule has 2 aliphatic rings. The van der Waals surface area contributed by atoms with E-state index in [1.807, 2.05) is 0 Å². The van der Waals surface area contributed by atoms with Gasteiger partial charge in [-0.2, -0.15) is 0 Å². The van der Waals surface area contributed by atoms with Gasteiger partial charge in [0.2, 0.25) is 29.5 Å². The number of nitrogens with zero attached hydrogens (tertiary/aromatic N) is 7. The molecule has 2 aliphatic heterocycles. The van der Waals surface area contributed by atoms with E-state index in [0.29, 0.717) is 5.56 Å². The Bertz CT molecular complexity index is 2140. The molecule has 0 aromatic heterocycles. The highest BCUT2D eigenvalue weighted by Gasteiger charge is 2.41. The number of benzene rings is 1. The molecule has 3 rings (SSSR count). The molecule has 2 heterocycles. The van der Waals surface area contributed by atoms with E-state index in [-0.39, 0.29) is 129 Å². The van der Waals surface area contributed by atoms with Gasteiger partial charge in [-0.1, -0.05) is 12.1 Å². The molecule has 6 amide bonds. The van der Waals surface area contributed by atoms with E-state index in [0.717, 1.165) is 4.90 Å². The average molecular weight is 1060 g/mol. The number of aliphatic hydroxyl groups is 1. The number of carbonyl (C=O) groups excluding carboxylic acids is 6. The number of nitrogens with one attached hydrogen (secondary N) is 5. The van der Waals surface area contributed by atoms with Crippen LogP contribution in [0, 0.1) is 0 Å². The van der Waals surface area contributed by atoms with Crippen molar-refractivity contribution in [2.45, 2.75) is 56.4 Å². The van der Waals surface area contributed by atoms with Crippen LogP contribution in [-0.4, -0.2) is 280 Å². The molecular weight excluding hydrogens is 993 g/mol. The maximum absolute atomic E-state index is 13.7. The lowest BCUT2D eigenvalue weighted by Crippen LogP contribution is -2.54. The van der Waals surface area contributed by atoms with E-state index in [1.54, 1.807) is 38.6 Å². The molecule has 4 atom stereocenters. The van der Waals surface area contributed by atoms with Gasteiger partial charge < -0.3 is 77.7 Å². The first-order valence-electron chi connectivity index (χ1n) is 24.0. The van der Waals surface area contributed by atoms with Crippen molar-refractivity contribution in [2.75, 3.05) is 119 Å². The number of likely N-dealkylation sites (tertiary alicyclic amines) is 1. The number of β-amino-alcohol motifs (C(OH)–C–C–N with tert-alkyl or cyclic N) is 1. The second-order valence-electron chi connectivity index (χ2n) is 18.1. The Hall–Kier alpha value is -7.03. The van der Waals surface area contributed by atoms with Crippen molar-refractivity contribution in [2.24, 2.45) is 10.7 Å². The number of rotatable bonds is 26. The third-order valence-corrected chi connectivity index (χ3v) is 11.9. The van der Waals surface area contributed by atoms with Crippen LogP contribution in [0.1, 0.15) is 41.6 Å². The molecule has 416 valence electrons. The first kappa shape index (κ1) is 62.3. The van der Waals surface area contributed by atoms with Gasteiger partial charge >= 0.3 is 31.0 Å². The van der Waals surface area contributed by atoms with Crippen LogP contribution in [0.3, 0.4) is 0 Å². The summed E-state index contributed by atoms with van der Waals surface area (Å²) in [5.41, 5.74) is 6.47. The second kappa shape index (κ2) is 31.6. The lowest BCUT2D eigenvalue weighted by molar-refractivity contribution is -0.141. The number of nitrogens with two attached hydrogens (primary N) is 1. The van der Waals surface area contributed by atoms with E-state index < -0.39 is 110 Å². The van der Waals surface area contributed by atoms with E-state index in [4.69, 9.17) is 5.73 Å². The fraction of sp³-hybridized carbons (Fsp3) is 0.614. The zero-order chi connectivity index (χ0) is 55.8. The molecule has 0 aliphatic carbocycles. The van der Waals surface area contributed by atoms with Crippen LogP contribution in [0.5, 0.6) is 0 Å². The highest BCUT2D eigenvalue weighted by molar-refractivity contribution is 6.43. The number of hydrogen-bond donors (Lipinski definition) is 13. The van der Waals surface area contributed by atoms with Gasteiger partial charge in [0.1, 0.15) is 12.1 Å². The summed E-state index contributed by atoms with van der Waals surface area (Å²) in [5, 5.41) is 79.3. The summed E-state index contributed by atoms with van der Waals surface area (Å²) in [7, 11) is 1.46. The molecular formula is C44H70BN13O17. The zero-order valence-electron chi connectivity index (χ0n) is 42.0. The summed E-state index contributed by atoms with van der Waals surface area (Å²) in [6, 6.07) is 2.83. The SMILES string of the molecule is CN(C)C(N)=NCCC[C@H](NC(=O)CN1CCN(CC(=O)O)CCN(CC(=O)O)CCN(CC(=O)O)CC1)C(=O)NCC(=O)NC(CC(=O)O)C(=O)NCc1ccc(C(=O)NCC(=O)N2CC(O)CC2B(O)O)cc1. The molecule has 0 bridgehead atoms. The number of carboxylic acid groups (broad SMARTS) is 4. The van der Waals surface area contributed by atoms with Crippen LogP contribution in [0.25, 0.3) is 0 Å². The maximum Gasteiger partial charge on any atom is 0.475 e. The number of carboxylic acids is 4. The lowest BCUT2D eigenvalue weighted by Gasteiger charge is -2.33. The maximum atomic E-state index is 13.7. The lowest BCUT2D eigenvalue weighted by atomic mass is 9.77. The fourth-order valence-corrected chi connectivity index (χ4v) is 7.91. The van der Waals surface area contributed by atoms with Crippen molar-refractivity contribution in [3.63, 3.8) is 0 Å². The number of carbonyl (C=O) groups is 10. The average Bonchev–Trinajstić information content (AvgIpc) is 3.74. The molecule has 31 heteroatoms. The molecule has 0 radical (unpaired) electrons. The minimum absolute atomic E-state index is 0.00746. The third kappa shape index (κ3) is 23.8. The first-order valence-corrected chi connectivity index (χ1v) is 24.0. The molecule has 2 fully saturated rings. The molecule has 0 saturated carbocycles. The largest absolute Gasteiger partial charge is 0.481 e. The highest BCUT2D eigenvalue weighted by Crippen LogP contribution is 2.19. The molecule has 2 saturated heterocycles. The number of amides is 6. The number of aliphatic hydroxyl groups excluding tert-OH is 1. The van der Waals surface area contributed by atoms with Crippen LogP contribution in [0.2, 0.25) is 0 Å². The monoisotopic (exact) mass is 1060 g/mol. The van der Waals surface area contributed by atoms with Gasteiger partial charge in [-0.05, 0) is 37.0 Å². The van der Waals surface area contributed by atoms with Gasteiger partial charge in [-0.25, -0.2) is 0 Å². The minimum Gasteiger partial charge on any atom is -0.481 e. The third-order valence-electron chi connectivity index (χ3n) is 11.9. The van der Waals surface area contributed by atoms with Crippen LogP contribution >= 0.6 is 0 Å². The van der Waals surface area contributed by atoms with E-state index in [9.17, 15) is 83.5 Å². The second-order valence-corrected chi connectivity index (χ2v) is 18.1. The van der Waals surface area contributed by atoms with Crippen molar-refractivity contribution >= 4 is 72.4 Å². The predicted octanol–water partition coefficient (Wildman–Crippen LogP) is -7.30. The van der Waals surface area contributed by atoms with E-state index in [2.05, 4.69) is 31.6 Å². The van der Waals surface area contributed by atoms with Gasteiger partial charge in [-0.3, -0.25) is 72.5 Å². The van der Waals surface area contributed by atoms with Crippen molar-refractivity contribution in [1.29, 1.82) is 0 Å². The van der Waals surface area contributed by atoms with E-state index >= 15 is 0 Å². The molecule has 1 aromatic rings. The Morgan fingerprint density at radius 1 is 0.680 bits per heavy atom. The Balaban J connectivity index is 1.65. The molecule has 75 heavy (non-hydrogen) atoms. The summed E-state index contributed by atoms with van der Waals surface area (Å²) in [4.78, 5) is 139. The molecule has 3 unspecified atom stereocenters. The Kier molecular flexibility index (Phi) is 26.3. The first-order chi connectivity index (χ1) is 35.4. The van der Waals surface area contributed by atoms with E-state index in [1.165, 1.54) is 24.3 Å². The topological polar surface area (TPSA) is 430 Å². The summed E-state index contributed by atoms with van der Waals surface area (Å²) >= 11 is 0. The number of aliphatic carboxylic acids is 4. The van der Waals surface area contributed by atoms with Crippen molar-refractivity contribution in [3.8, 4) is 0 Å². The zero-order valence-corrected chi connectivity index (χ0v) is 42.0. The summed E-state index contributed by atoms with van der Waals surface area (Å²) in [6.45, 7) is -1.75. The Morgan fingerprint density at radius 2 is 1.17 bits per heavy atom. The number of aliphatic imine (C=N–C) groups is 1. The molecule has 0 spiro atoms. The smallest absolute Gasteiger partial charge is 0.475 e. The standard InChI is InChI=1S/C44H70BN13O17/c1-53(2)44(46)47-9-3-4-31(51-35(61)24-54-10-12-55(25-38(65)66)14-16-57(27-40(69)70)17-15-56(13-11-54)26-39(67)68)42(72)49-21-34(60)52-32(19-37(63)64)43(73)48-20-28-5-7-29(8-6-28)41(71)50-22-36(62)58-23-30(59)18-33(58)45(74)75/h5-8,30-33,59,74-75H,3-4,9-27H2,1-2H3,(H2,46,47)(H,48,73)(H,49,72)(H,50,71)(H,51,61)(H,52,60)(H,63,64)(H,65,66)(H,67,68)(H,69,70)/t30?,31-,32?,33?/m0/s1. The fourth-order valence-electron chi connectivity index (χ4n) is 7.91. The van der Waals surface area contributed by atoms with Crippen LogP contribution in [0.4, 0.5) is 0 Å². The van der Waals surface area contributed by atoms with Crippen molar-refractivity contribution in [3.05, 3.63) is 35.4 Å². The molecule has 30 nitrogen and oxygen atoms in total. The van der Waals surface area contributed by atoms with Crippen LogP contribution < -0.4 is 32.3 Å². The minimum atomic E-state index is -1.88. The van der Waals surface area contributed by atoms with Crippen LogP contribution in [0.15, 0.2) is 29.3 Å². The predicted molar refractivity (Wildman–Crippen MR) is 264 cm³/mol. The summed E-state index contributed by atoms with van der Waals surface area (Å²) in [6.07, 6.45) is -1.63. The quantitative estimate of drug-likeness (QED) is 0.0177. The van der Waals surface area contributed by atoms with Gasteiger partial charge in [0.05, 0.1) is 57.7 Å². The molecule has 1 aromatic carbocycles. The van der Waals surface area contributed by atoms with Crippen molar-refractivity contribution < 1.29 is 83.5 Å². The van der Waals surface area contributed by atoms with Gasteiger partial charge in [0.15, 0.2) is 5.96 Å². The van der Waals surface area contributed by atoms with Gasteiger partial charge in [0.25, 0.3) is 5.91 Å². The highest BCUT2D eigenvalue weighted by atomic mass is 16.4. The number of guanidine groups is 1. The number of hydrogen-bond acceptors (Lipinski definition) is 18. The van der Waals surface area contributed by atoms with Gasteiger partial charge in [-0.15, -0.1) is 0 Å². The van der Waals surface area contributed by atoms with Crippen molar-refractivity contribution in [1.82, 2.24) is 56.0 Å². The van der Waals surface area contributed by atoms with Crippen LogP contribution in [-0.2, 0) is 49.7 Å². The molecule has 14 N–H and O–H groups in total. The van der Waals surface area contributed by atoms with Gasteiger partial charge in [0, 0.05) is 91.7 Å². The normalized spacial score (nSPS) is 18.3. The Morgan fingerprint density at radius 3 is 1.65 bits per heavy atom. The Labute approximate surface area is 432 Å². The summed E-state index contributed by atoms with van der Waals surface area (Å²) in [5.74, 6) is -10.3.